The second-order valence-electron chi connectivity index (χ2n) is 1.76. The Bertz CT molecular complexity index is 189. The van der Waals surface area contributed by atoms with Crippen molar-refractivity contribution in [2.45, 2.75) is 6.92 Å². The van der Waals surface area contributed by atoms with E-state index in [0.717, 1.165) is 5.06 Å². The molecule has 0 aliphatic rings. The van der Waals surface area contributed by atoms with Crippen molar-refractivity contribution in [3.8, 4) is 0 Å². The lowest BCUT2D eigenvalue weighted by molar-refractivity contribution is 0.253. The molecule has 0 aliphatic heterocycles. The van der Waals surface area contributed by atoms with Crippen LogP contribution in [0.1, 0.15) is 6.92 Å². The van der Waals surface area contributed by atoms with Crippen LogP contribution in [0.2, 0.25) is 0 Å². The van der Waals surface area contributed by atoms with Crippen molar-refractivity contribution in [2.75, 3.05) is 11.6 Å². The van der Waals surface area contributed by atoms with E-state index in [1.54, 1.807) is 18.5 Å². The average Bonchev–Trinajstić information content (AvgIpc) is 2.05. The first-order valence-electron chi connectivity index (χ1n) is 3.08. The van der Waals surface area contributed by atoms with Crippen LogP contribution < -0.4 is 5.06 Å². The van der Waals surface area contributed by atoms with Gasteiger partial charge in [-0.2, -0.15) is 0 Å². The van der Waals surface area contributed by atoms with Gasteiger partial charge in [0.05, 0.1) is 0 Å². The standard InChI is InChI=1S/C6H9N3O/c1-2-9(10)6-7-4-3-5-8-6/h3-5,10H,2H2,1H3. The predicted octanol–water partition coefficient (Wildman–Crippen LogP) is 0.692. The summed E-state index contributed by atoms with van der Waals surface area (Å²) in [7, 11) is 0. The Morgan fingerprint density at radius 2 is 2.10 bits per heavy atom. The van der Waals surface area contributed by atoms with Gasteiger partial charge in [0, 0.05) is 18.9 Å². The summed E-state index contributed by atoms with van der Waals surface area (Å²) in [5, 5.41) is 10.0. The highest BCUT2D eigenvalue weighted by molar-refractivity contribution is 5.21. The molecule has 0 radical (unpaired) electrons. The van der Waals surface area contributed by atoms with Gasteiger partial charge < -0.3 is 0 Å². The fourth-order valence-electron chi connectivity index (χ4n) is 0.566. The number of hydroxylamine groups is 1. The molecule has 0 saturated heterocycles. The number of anilines is 1. The Kier molecular flexibility index (Phi) is 2.17. The van der Waals surface area contributed by atoms with Crippen molar-refractivity contribution >= 4 is 5.95 Å². The zero-order valence-electron chi connectivity index (χ0n) is 5.73. The van der Waals surface area contributed by atoms with Crippen LogP contribution in [0.5, 0.6) is 0 Å². The van der Waals surface area contributed by atoms with Crippen molar-refractivity contribution < 1.29 is 5.21 Å². The summed E-state index contributed by atoms with van der Waals surface area (Å²) in [6, 6.07) is 1.70. The first kappa shape index (κ1) is 6.95. The van der Waals surface area contributed by atoms with E-state index in [4.69, 9.17) is 5.21 Å². The van der Waals surface area contributed by atoms with Gasteiger partial charge in [-0.1, -0.05) is 0 Å². The first-order valence-corrected chi connectivity index (χ1v) is 3.08. The number of rotatable bonds is 2. The van der Waals surface area contributed by atoms with E-state index in [2.05, 4.69) is 9.97 Å². The second kappa shape index (κ2) is 3.12. The maximum atomic E-state index is 9.04. The zero-order chi connectivity index (χ0) is 7.40. The zero-order valence-corrected chi connectivity index (χ0v) is 5.73. The third kappa shape index (κ3) is 1.41. The lowest BCUT2D eigenvalue weighted by Gasteiger charge is -2.09. The molecule has 0 fully saturated rings. The molecule has 0 aliphatic carbocycles. The van der Waals surface area contributed by atoms with E-state index >= 15 is 0 Å². The number of aromatic nitrogens is 2. The molecule has 1 aromatic rings. The monoisotopic (exact) mass is 139 g/mol. The van der Waals surface area contributed by atoms with Gasteiger partial charge in [0.1, 0.15) is 0 Å². The molecule has 4 heteroatoms. The largest absolute Gasteiger partial charge is 0.286 e. The Labute approximate surface area is 59.1 Å². The lowest BCUT2D eigenvalue weighted by Crippen LogP contribution is -2.19. The highest BCUT2D eigenvalue weighted by Gasteiger charge is 1.98. The smallest absolute Gasteiger partial charge is 0.249 e. The molecule has 54 valence electrons. The van der Waals surface area contributed by atoms with E-state index in [9.17, 15) is 0 Å². The topological polar surface area (TPSA) is 49.2 Å². The number of hydrogen-bond acceptors (Lipinski definition) is 4. The summed E-state index contributed by atoms with van der Waals surface area (Å²) >= 11 is 0. The van der Waals surface area contributed by atoms with Crippen LogP contribution in [0, 0.1) is 0 Å². The molecule has 1 heterocycles. The molecule has 0 unspecified atom stereocenters. The third-order valence-corrected chi connectivity index (χ3v) is 1.08. The second-order valence-corrected chi connectivity index (χ2v) is 1.76. The molecule has 10 heavy (non-hydrogen) atoms. The molecule has 0 bridgehead atoms. The minimum Gasteiger partial charge on any atom is -0.286 e. The fraction of sp³-hybridized carbons (Fsp3) is 0.333. The van der Waals surface area contributed by atoms with Gasteiger partial charge in [-0.15, -0.1) is 0 Å². The van der Waals surface area contributed by atoms with E-state index < -0.39 is 0 Å². The lowest BCUT2D eigenvalue weighted by atomic mass is 10.6. The van der Waals surface area contributed by atoms with Crippen molar-refractivity contribution in [1.82, 2.24) is 9.97 Å². The Hall–Kier alpha value is -1.16. The Balaban J connectivity index is 2.75. The van der Waals surface area contributed by atoms with Gasteiger partial charge in [0.2, 0.25) is 5.95 Å². The molecular weight excluding hydrogens is 130 g/mol. The van der Waals surface area contributed by atoms with Crippen LogP contribution in [0.3, 0.4) is 0 Å². The minimum atomic E-state index is 0.338. The average molecular weight is 139 g/mol. The molecule has 1 aromatic heterocycles. The van der Waals surface area contributed by atoms with Gasteiger partial charge in [-0.25, -0.2) is 15.0 Å². The Morgan fingerprint density at radius 3 is 2.60 bits per heavy atom. The molecule has 1 N–H and O–H groups in total. The van der Waals surface area contributed by atoms with E-state index in [1.807, 2.05) is 6.92 Å². The van der Waals surface area contributed by atoms with Crippen LogP contribution >= 0.6 is 0 Å². The molecule has 0 spiro atoms. The van der Waals surface area contributed by atoms with Crippen LogP contribution in [0.4, 0.5) is 5.95 Å². The Morgan fingerprint density at radius 1 is 1.50 bits per heavy atom. The molecule has 1 rings (SSSR count). The van der Waals surface area contributed by atoms with Crippen LogP contribution in [-0.2, 0) is 0 Å². The minimum absolute atomic E-state index is 0.338. The first-order chi connectivity index (χ1) is 4.84. The van der Waals surface area contributed by atoms with Crippen molar-refractivity contribution in [3.63, 3.8) is 0 Å². The summed E-state index contributed by atoms with van der Waals surface area (Å²) < 4.78 is 0. The molecule has 0 aromatic carbocycles. The highest BCUT2D eigenvalue weighted by Crippen LogP contribution is 1.98. The maximum absolute atomic E-state index is 9.04. The van der Waals surface area contributed by atoms with Gasteiger partial charge in [0.15, 0.2) is 0 Å². The maximum Gasteiger partial charge on any atom is 0.249 e. The van der Waals surface area contributed by atoms with Crippen molar-refractivity contribution in [3.05, 3.63) is 18.5 Å². The summed E-state index contributed by atoms with van der Waals surface area (Å²) in [4.78, 5) is 7.63. The van der Waals surface area contributed by atoms with Gasteiger partial charge >= 0.3 is 0 Å². The number of hydrogen-bond donors (Lipinski definition) is 1. The van der Waals surface area contributed by atoms with Crippen molar-refractivity contribution in [2.24, 2.45) is 0 Å². The molecule has 0 atom stereocenters. The van der Waals surface area contributed by atoms with Crippen LogP contribution in [-0.4, -0.2) is 21.7 Å². The summed E-state index contributed by atoms with van der Waals surface area (Å²) in [6.45, 7) is 2.31. The van der Waals surface area contributed by atoms with Gasteiger partial charge in [0.25, 0.3) is 0 Å². The van der Waals surface area contributed by atoms with Gasteiger partial charge in [-0.3, -0.25) is 5.21 Å². The molecule has 0 amide bonds. The molecular formula is C6H9N3O. The van der Waals surface area contributed by atoms with E-state index in [0.29, 0.717) is 12.5 Å². The van der Waals surface area contributed by atoms with Crippen LogP contribution in [0.25, 0.3) is 0 Å². The van der Waals surface area contributed by atoms with Crippen molar-refractivity contribution in [1.29, 1.82) is 0 Å². The summed E-state index contributed by atoms with van der Waals surface area (Å²) in [5.74, 6) is 0.338. The summed E-state index contributed by atoms with van der Waals surface area (Å²) in [5.41, 5.74) is 0. The van der Waals surface area contributed by atoms with Gasteiger partial charge in [-0.05, 0) is 13.0 Å². The number of nitrogens with zero attached hydrogens (tertiary/aromatic N) is 3. The molecule has 4 nitrogen and oxygen atoms in total. The summed E-state index contributed by atoms with van der Waals surface area (Å²) in [6.07, 6.45) is 3.17. The predicted molar refractivity (Wildman–Crippen MR) is 36.8 cm³/mol. The fourth-order valence-corrected chi connectivity index (χ4v) is 0.566. The SMILES string of the molecule is CCN(O)c1ncccn1. The van der Waals surface area contributed by atoms with E-state index in [1.165, 1.54) is 0 Å². The van der Waals surface area contributed by atoms with E-state index in [-0.39, 0.29) is 0 Å². The highest BCUT2D eigenvalue weighted by atomic mass is 16.5. The normalized spacial score (nSPS) is 9.40. The third-order valence-electron chi connectivity index (χ3n) is 1.08. The quantitative estimate of drug-likeness (QED) is 0.612. The molecule has 0 saturated carbocycles. The van der Waals surface area contributed by atoms with Crippen LogP contribution in [0.15, 0.2) is 18.5 Å².